The fourth-order valence-corrected chi connectivity index (χ4v) is 2.24. The Hall–Kier alpha value is -2.10. The number of pyridine rings is 1. The second kappa shape index (κ2) is 5.49. The summed E-state index contributed by atoms with van der Waals surface area (Å²) in [6.07, 6.45) is 1.73. The topological polar surface area (TPSA) is 42.4 Å². The van der Waals surface area contributed by atoms with Gasteiger partial charge >= 0.3 is 0 Å². The second-order valence-corrected chi connectivity index (χ2v) is 4.75. The third-order valence-corrected chi connectivity index (χ3v) is 3.37. The summed E-state index contributed by atoms with van der Waals surface area (Å²) in [5.41, 5.74) is 1.48. The van der Waals surface area contributed by atoms with Crippen LogP contribution < -0.4 is 4.74 Å². The summed E-state index contributed by atoms with van der Waals surface area (Å²) >= 11 is 6.06. The van der Waals surface area contributed by atoms with E-state index in [1.54, 1.807) is 24.4 Å². The quantitative estimate of drug-likeness (QED) is 0.785. The predicted octanol–water partition coefficient (Wildman–Crippen LogP) is 4.17. The molecule has 0 aliphatic heterocycles. The standard InChI is InChI=1S/C16H12ClNO2/c17-14-9-13(7-6-12(14)10-19)20-15-5-1-3-11-4-2-8-18-16(11)15/h1-9,19H,10H2. The molecule has 1 heterocycles. The maximum Gasteiger partial charge on any atom is 0.153 e. The van der Waals surface area contributed by atoms with Crippen LogP contribution in [0.2, 0.25) is 5.02 Å². The Morgan fingerprint density at radius 3 is 2.75 bits per heavy atom. The minimum Gasteiger partial charge on any atom is -0.455 e. The Morgan fingerprint density at radius 2 is 1.95 bits per heavy atom. The highest BCUT2D eigenvalue weighted by Crippen LogP contribution is 2.30. The number of hydrogen-bond acceptors (Lipinski definition) is 3. The molecule has 0 atom stereocenters. The van der Waals surface area contributed by atoms with Crippen molar-refractivity contribution < 1.29 is 9.84 Å². The number of hydrogen-bond donors (Lipinski definition) is 1. The first-order chi connectivity index (χ1) is 9.78. The Balaban J connectivity index is 1.99. The van der Waals surface area contributed by atoms with Gasteiger partial charge in [0, 0.05) is 16.6 Å². The molecular formula is C16H12ClNO2. The van der Waals surface area contributed by atoms with Crippen LogP contribution in [0.15, 0.2) is 54.7 Å². The summed E-state index contributed by atoms with van der Waals surface area (Å²) in [7, 11) is 0. The maximum atomic E-state index is 9.11. The van der Waals surface area contributed by atoms with Crippen molar-refractivity contribution in [3.63, 3.8) is 0 Å². The normalized spacial score (nSPS) is 10.7. The van der Waals surface area contributed by atoms with Gasteiger partial charge in [0.15, 0.2) is 5.75 Å². The Morgan fingerprint density at radius 1 is 1.10 bits per heavy atom. The molecule has 0 bridgehead atoms. The van der Waals surface area contributed by atoms with E-state index in [2.05, 4.69) is 4.98 Å². The Kier molecular flexibility index (Phi) is 3.54. The van der Waals surface area contributed by atoms with Gasteiger partial charge in [-0.2, -0.15) is 0 Å². The molecule has 3 aromatic rings. The van der Waals surface area contributed by atoms with Gasteiger partial charge in [0.25, 0.3) is 0 Å². The summed E-state index contributed by atoms with van der Waals surface area (Å²) in [5.74, 6) is 1.29. The zero-order chi connectivity index (χ0) is 13.9. The van der Waals surface area contributed by atoms with E-state index in [1.165, 1.54) is 0 Å². The van der Waals surface area contributed by atoms with Gasteiger partial charge in [0.05, 0.1) is 6.61 Å². The lowest BCUT2D eigenvalue weighted by Gasteiger charge is -2.09. The van der Waals surface area contributed by atoms with Gasteiger partial charge in [-0.05, 0) is 29.8 Å². The van der Waals surface area contributed by atoms with Crippen LogP contribution in [0.1, 0.15) is 5.56 Å². The summed E-state index contributed by atoms with van der Waals surface area (Å²) in [6, 6.07) is 14.9. The number of rotatable bonds is 3. The van der Waals surface area contributed by atoms with Crippen molar-refractivity contribution in [2.45, 2.75) is 6.61 Å². The first-order valence-corrected chi connectivity index (χ1v) is 6.56. The zero-order valence-corrected chi connectivity index (χ0v) is 11.3. The molecule has 0 amide bonds. The summed E-state index contributed by atoms with van der Waals surface area (Å²) < 4.78 is 5.84. The SMILES string of the molecule is OCc1ccc(Oc2cccc3cccnc23)cc1Cl. The number of benzene rings is 2. The third kappa shape index (κ3) is 2.46. The highest BCUT2D eigenvalue weighted by molar-refractivity contribution is 6.31. The molecule has 0 aliphatic rings. The molecular weight excluding hydrogens is 274 g/mol. The highest BCUT2D eigenvalue weighted by Gasteiger charge is 2.06. The van der Waals surface area contributed by atoms with Crippen LogP contribution >= 0.6 is 11.6 Å². The third-order valence-electron chi connectivity index (χ3n) is 3.02. The molecule has 20 heavy (non-hydrogen) atoms. The van der Waals surface area contributed by atoms with Gasteiger partial charge in [0.2, 0.25) is 0 Å². The van der Waals surface area contributed by atoms with Crippen molar-refractivity contribution >= 4 is 22.5 Å². The van der Waals surface area contributed by atoms with E-state index in [1.807, 2.05) is 30.3 Å². The van der Waals surface area contributed by atoms with E-state index in [-0.39, 0.29) is 6.61 Å². The van der Waals surface area contributed by atoms with E-state index < -0.39 is 0 Å². The molecule has 1 aromatic heterocycles. The number of para-hydroxylation sites is 1. The number of ether oxygens (including phenoxy) is 1. The van der Waals surface area contributed by atoms with Crippen LogP contribution in [-0.4, -0.2) is 10.1 Å². The molecule has 0 unspecified atom stereocenters. The van der Waals surface area contributed by atoms with E-state index in [9.17, 15) is 0 Å². The number of halogens is 1. The Labute approximate surface area is 121 Å². The molecule has 0 fully saturated rings. The molecule has 0 saturated heterocycles. The molecule has 3 nitrogen and oxygen atoms in total. The van der Waals surface area contributed by atoms with Crippen LogP contribution in [0.25, 0.3) is 10.9 Å². The molecule has 3 rings (SSSR count). The number of aromatic nitrogens is 1. The minimum absolute atomic E-state index is 0.0884. The van der Waals surface area contributed by atoms with E-state index in [0.717, 1.165) is 10.9 Å². The van der Waals surface area contributed by atoms with E-state index >= 15 is 0 Å². The summed E-state index contributed by atoms with van der Waals surface area (Å²) in [6.45, 7) is -0.0884. The number of aliphatic hydroxyl groups excluding tert-OH is 1. The van der Waals surface area contributed by atoms with Crippen molar-refractivity contribution in [3.05, 3.63) is 65.3 Å². The van der Waals surface area contributed by atoms with Gasteiger partial charge in [-0.25, -0.2) is 0 Å². The minimum atomic E-state index is -0.0884. The summed E-state index contributed by atoms with van der Waals surface area (Å²) in [4.78, 5) is 4.34. The molecule has 0 spiro atoms. The average molecular weight is 286 g/mol. The maximum absolute atomic E-state index is 9.11. The van der Waals surface area contributed by atoms with Gasteiger partial charge in [-0.15, -0.1) is 0 Å². The molecule has 1 N–H and O–H groups in total. The first-order valence-electron chi connectivity index (χ1n) is 6.19. The highest BCUT2D eigenvalue weighted by atomic mass is 35.5. The van der Waals surface area contributed by atoms with Gasteiger partial charge in [0.1, 0.15) is 11.3 Å². The van der Waals surface area contributed by atoms with Crippen molar-refractivity contribution in [2.75, 3.05) is 0 Å². The number of fused-ring (bicyclic) bond motifs is 1. The molecule has 100 valence electrons. The van der Waals surface area contributed by atoms with Crippen molar-refractivity contribution in [2.24, 2.45) is 0 Å². The zero-order valence-electron chi connectivity index (χ0n) is 10.6. The lowest BCUT2D eigenvalue weighted by Crippen LogP contribution is -1.90. The number of aliphatic hydroxyl groups is 1. The average Bonchev–Trinajstić information content (AvgIpc) is 2.48. The van der Waals surface area contributed by atoms with E-state index in [0.29, 0.717) is 22.1 Å². The summed E-state index contributed by atoms with van der Waals surface area (Å²) in [5, 5.41) is 10.6. The van der Waals surface area contributed by atoms with Crippen molar-refractivity contribution in [1.29, 1.82) is 0 Å². The fraction of sp³-hybridized carbons (Fsp3) is 0.0625. The van der Waals surface area contributed by atoms with E-state index in [4.69, 9.17) is 21.4 Å². The molecule has 4 heteroatoms. The van der Waals surface area contributed by atoms with Gasteiger partial charge in [-0.3, -0.25) is 4.98 Å². The monoisotopic (exact) mass is 285 g/mol. The molecule has 2 aromatic carbocycles. The molecule has 0 aliphatic carbocycles. The van der Waals surface area contributed by atoms with Gasteiger partial charge < -0.3 is 9.84 Å². The van der Waals surface area contributed by atoms with Crippen LogP contribution in [0.3, 0.4) is 0 Å². The molecule has 0 saturated carbocycles. The second-order valence-electron chi connectivity index (χ2n) is 4.34. The Bertz CT molecular complexity index is 753. The largest absolute Gasteiger partial charge is 0.455 e. The lowest BCUT2D eigenvalue weighted by molar-refractivity contribution is 0.282. The number of nitrogens with zero attached hydrogens (tertiary/aromatic N) is 1. The van der Waals surface area contributed by atoms with Crippen LogP contribution in [0.5, 0.6) is 11.5 Å². The van der Waals surface area contributed by atoms with Crippen molar-refractivity contribution in [1.82, 2.24) is 4.98 Å². The van der Waals surface area contributed by atoms with Crippen LogP contribution in [-0.2, 0) is 6.61 Å². The predicted molar refractivity (Wildman–Crippen MR) is 79.2 cm³/mol. The van der Waals surface area contributed by atoms with Crippen molar-refractivity contribution in [3.8, 4) is 11.5 Å². The van der Waals surface area contributed by atoms with Crippen LogP contribution in [0.4, 0.5) is 0 Å². The molecule has 0 radical (unpaired) electrons. The first kappa shape index (κ1) is 12.9. The van der Waals surface area contributed by atoms with Crippen LogP contribution in [0, 0.1) is 0 Å². The fourth-order valence-electron chi connectivity index (χ4n) is 2.01. The lowest BCUT2D eigenvalue weighted by atomic mass is 10.2. The smallest absolute Gasteiger partial charge is 0.153 e. The van der Waals surface area contributed by atoms with Gasteiger partial charge in [-0.1, -0.05) is 35.9 Å².